The average molecular weight is 473 g/mol. The second-order valence-electron chi connectivity index (χ2n) is 9.52. The Morgan fingerprint density at radius 3 is 2.73 bits per heavy atom. The number of aliphatic hydroxyl groups excluding tert-OH is 1. The number of alkyl halides is 1. The molecule has 3 N–H and O–H groups in total. The molecule has 1 amide bonds. The van der Waals surface area contributed by atoms with E-state index in [0.717, 1.165) is 6.42 Å². The van der Waals surface area contributed by atoms with Crippen LogP contribution in [0.1, 0.15) is 46.6 Å². The lowest BCUT2D eigenvalue weighted by Gasteiger charge is -2.40. The molecule has 1 aliphatic heterocycles. The van der Waals surface area contributed by atoms with Crippen LogP contribution in [0.25, 0.3) is 0 Å². The second kappa shape index (κ2) is 12.6. The summed E-state index contributed by atoms with van der Waals surface area (Å²) in [5.41, 5.74) is -0.0148. The highest BCUT2D eigenvalue weighted by Crippen LogP contribution is 2.22. The van der Waals surface area contributed by atoms with E-state index in [1.54, 1.807) is 19.9 Å². The van der Waals surface area contributed by atoms with Crippen LogP contribution in [0.5, 0.6) is 5.75 Å². The van der Waals surface area contributed by atoms with Gasteiger partial charge in [-0.15, -0.1) is 0 Å². The third-order valence-corrected chi connectivity index (χ3v) is 5.40. The molecule has 0 saturated carbocycles. The molecule has 7 nitrogen and oxygen atoms in total. The number of halogens is 2. The van der Waals surface area contributed by atoms with Gasteiger partial charge in [-0.3, -0.25) is 9.18 Å². The van der Waals surface area contributed by atoms with E-state index in [-0.39, 0.29) is 31.6 Å². The van der Waals surface area contributed by atoms with Gasteiger partial charge in [0.1, 0.15) is 11.6 Å². The number of hydrogen-bond donors (Lipinski definition) is 3. The molecule has 9 heteroatoms. The monoisotopic (exact) mass is 472 g/mol. The average Bonchev–Trinajstić information content (AvgIpc) is 2.75. The molecule has 1 aliphatic rings. The molecule has 0 bridgehead atoms. The normalized spacial score (nSPS) is 23.1. The van der Waals surface area contributed by atoms with Crippen molar-refractivity contribution in [3.05, 3.63) is 29.6 Å². The first-order valence-electron chi connectivity index (χ1n) is 11.5. The van der Waals surface area contributed by atoms with Crippen LogP contribution in [0.2, 0.25) is 0 Å². The Morgan fingerprint density at radius 1 is 1.39 bits per heavy atom. The molecule has 188 valence electrons. The lowest BCUT2D eigenvalue weighted by Crippen LogP contribution is -2.62. The van der Waals surface area contributed by atoms with Crippen LogP contribution in [0.3, 0.4) is 0 Å². The van der Waals surface area contributed by atoms with E-state index in [0.29, 0.717) is 17.9 Å². The quantitative estimate of drug-likeness (QED) is 0.434. The van der Waals surface area contributed by atoms with Crippen molar-refractivity contribution in [2.24, 2.45) is 5.41 Å². The van der Waals surface area contributed by atoms with Gasteiger partial charge in [0.15, 0.2) is 6.29 Å². The molecular weight excluding hydrogens is 434 g/mol. The smallest absolute Gasteiger partial charge is 0.217 e. The maximum absolute atomic E-state index is 14.1. The van der Waals surface area contributed by atoms with Crippen molar-refractivity contribution in [2.45, 2.75) is 78.0 Å². The Labute approximate surface area is 195 Å². The second-order valence-corrected chi connectivity index (χ2v) is 9.52. The number of ether oxygens (including phenoxy) is 3. The zero-order valence-corrected chi connectivity index (χ0v) is 20.2. The third-order valence-electron chi connectivity index (χ3n) is 5.40. The summed E-state index contributed by atoms with van der Waals surface area (Å²) < 4.78 is 44.2. The van der Waals surface area contributed by atoms with Crippen LogP contribution < -0.4 is 15.4 Å². The summed E-state index contributed by atoms with van der Waals surface area (Å²) in [6.07, 6.45) is -0.596. The highest BCUT2D eigenvalue weighted by Gasteiger charge is 2.36. The van der Waals surface area contributed by atoms with Crippen LogP contribution >= 0.6 is 0 Å². The van der Waals surface area contributed by atoms with Gasteiger partial charge in [0.2, 0.25) is 5.91 Å². The first-order valence-corrected chi connectivity index (χ1v) is 11.5. The van der Waals surface area contributed by atoms with Crippen molar-refractivity contribution >= 4 is 5.91 Å². The van der Waals surface area contributed by atoms with E-state index in [1.165, 1.54) is 19.1 Å². The summed E-state index contributed by atoms with van der Waals surface area (Å²) in [7, 11) is 0. The summed E-state index contributed by atoms with van der Waals surface area (Å²) in [6, 6.07) is 2.95. The molecule has 5 atom stereocenters. The lowest BCUT2D eigenvalue weighted by atomic mass is 9.95. The highest BCUT2D eigenvalue weighted by molar-refractivity contribution is 5.73. The Bertz CT molecular complexity index is 764. The molecule has 1 aromatic rings. The number of benzene rings is 1. The van der Waals surface area contributed by atoms with Crippen molar-refractivity contribution in [3.63, 3.8) is 0 Å². The topological polar surface area (TPSA) is 89.1 Å². The fourth-order valence-electron chi connectivity index (χ4n) is 3.64. The SMILES string of the molecule is CCCOc1cc(F)cc(CC(NC(C)=O)C(O)C2COC(OCC(C)(C)CF)C(C)N2)c1. The molecule has 0 radical (unpaired) electrons. The van der Waals surface area contributed by atoms with Crippen LogP contribution in [-0.4, -0.2) is 68.0 Å². The van der Waals surface area contributed by atoms with Crippen molar-refractivity contribution in [2.75, 3.05) is 26.5 Å². The van der Waals surface area contributed by atoms with Gasteiger partial charge in [-0.05, 0) is 37.5 Å². The summed E-state index contributed by atoms with van der Waals surface area (Å²) in [4.78, 5) is 11.8. The van der Waals surface area contributed by atoms with Gasteiger partial charge < -0.3 is 30.0 Å². The van der Waals surface area contributed by atoms with Crippen molar-refractivity contribution < 1.29 is 32.9 Å². The molecule has 1 heterocycles. The van der Waals surface area contributed by atoms with E-state index in [2.05, 4.69) is 10.6 Å². The van der Waals surface area contributed by atoms with E-state index in [1.807, 2.05) is 13.8 Å². The summed E-state index contributed by atoms with van der Waals surface area (Å²) >= 11 is 0. The number of aliphatic hydroxyl groups is 1. The largest absolute Gasteiger partial charge is 0.493 e. The molecule has 1 aromatic carbocycles. The number of rotatable bonds is 12. The summed E-state index contributed by atoms with van der Waals surface area (Å²) in [5.74, 6) is -0.345. The molecule has 0 aliphatic carbocycles. The van der Waals surface area contributed by atoms with E-state index in [4.69, 9.17) is 14.2 Å². The molecule has 0 spiro atoms. The van der Waals surface area contributed by atoms with Gasteiger partial charge in [-0.2, -0.15) is 0 Å². The maximum Gasteiger partial charge on any atom is 0.217 e. The van der Waals surface area contributed by atoms with Gasteiger partial charge in [0, 0.05) is 18.4 Å². The molecule has 0 aromatic heterocycles. The fraction of sp³-hybridized carbons (Fsp3) is 0.708. The molecule has 5 unspecified atom stereocenters. The van der Waals surface area contributed by atoms with Gasteiger partial charge in [-0.1, -0.05) is 20.8 Å². The zero-order chi connectivity index (χ0) is 24.6. The Morgan fingerprint density at radius 2 is 2.12 bits per heavy atom. The third kappa shape index (κ3) is 8.81. The zero-order valence-electron chi connectivity index (χ0n) is 20.2. The minimum atomic E-state index is -1.01. The number of carbonyl (C=O) groups excluding carboxylic acids is 1. The predicted octanol–water partition coefficient (Wildman–Crippen LogP) is 2.74. The Balaban J connectivity index is 2.05. The molecule has 2 rings (SSSR count). The number of hydrogen-bond acceptors (Lipinski definition) is 6. The maximum atomic E-state index is 14.1. The first-order chi connectivity index (χ1) is 15.5. The first kappa shape index (κ1) is 27.4. The van der Waals surface area contributed by atoms with Crippen molar-refractivity contribution in [1.82, 2.24) is 10.6 Å². The van der Waals surface area contributed by atoms with E-state index < -0.39 is 42.4 Å². The Kier molecular flexibility index (Phi) is 10.5. The van der Waals surface area contributed by atoms with Gasteiger partial charge in [-0.25, -0.2) is 4.39 Å². The van der Waals surface area contributed by atoms with Crippen LogP contribution in [0, 0.1) is 11.2 Å². The number of carbonyl (C=O) groups is 1. The van der Waals surface area contributed by atoms with Crippen LogP contribution in [0.4, 0.5) is 8.78 Å². The van der Waals surface area contributed by atoms with Gasteiger partial charge >= 0.3 is 0 Å². The summed E-state index contributed by atoms with van der Waals surface area (Å²) in [6.45, 7) is 9.00. The van der Waals surface area contributed by atoms with E-state index >= 15 is 0 Å². The minimum Gasteiger partial charge on any atom is -0.493 e. The number of amides is 1. The Hall–Kier alpha value is -1.81. The van der Waals surface area contributed by atoms with Crippen molar-refractivity contribution in [3.8, 4) is 5.75 Å². The van der Waals surface area contributed by atoms with Gasteiger partial charge in [0.05, 0.1) is 50.7 Å². The lowest BCUT2D eigenvalue weighted by molar-refractivity contribution is -0.203. The standard InChI is InChI=1S/C24H38F2N2O5/c1-6-7-31-19-9-17(8-18(26)11-19)10-20(28-16(3)29)22(30)21-12-32-23(15(2)27-21)33-14-24(4,5)13-25/h8-9,11,15,20-23,27,30H,6-7,10,12-14H2,1-5H3,(H,28,29). The number of morpholine rings is 1. The molecule has 1 fully saturated rings. The minimum absolute atomic E-state index is 0.135. The van der Waals surface area contributed by atoms with Crippen LogP contribution in [0.15, 0.2) is 18.2 Å². The molecule has 33 heavy (non-hydrogen) atoms. The predicted molar refractivity (Wildman–Crippen MR) is 121 cm³/mol. The highest BCUT2D eigenvalue weighted by atomic mass is 19.1. The fourth-order valence-corrected chi connectivity index (χ4v) is 3.64. The van der Waals surface area contributed by atoms with Crippen LogP contribution in [-0.2, 0) is 20.7 Å². The molecule has 1 saturated heterocycles. The van der Waals surface area contributed by atoms with Crippen molar-refractivity contribution in [1.29, 1.82) is 0 Å². The van der Waals surface area contributed by atoms with E-state index in [9.17, 15) is 18.7 Å². The summed E-state index contributed by atoms with van der Waals surface area (Å²) in [5, 5.41) is 17.1. The number of nitrogens with one attached hydrogen (secondary N) is 2. The molecular formula is C24H38F2N2O5. The van der Waals surface area contributed by atoms with Gasteiger partial charge in [0.25, 0.3) is 0 Å².